The maximum Gasteiger partial charge on any atom is 0.248 e. The molecule has 0 bridgehead atoms. The quantitative estimate of drug-likeness (QED) is 0.0907. The lowest BCUT2D eigenvalue weighted by Crippen LogP contribution is -2.20. The highest BCUT2D eigenvalue weighted by molar-refractivity contribution is 6.00. The number of carbonyl (C=O) groups excluding carboxylic acids is 2. The minimum Gasteiger partial charge on any atom is -0.494 e. The van der Waals surface area contributed by atoms with Crippen LogP contribution in [-0.2, 0) is 25.9 Å². The molecule has 4 heterocycles. The Morgan fingerprint density at radius 3 is 1.67 bits per heavy atom. The maximum absolute atomic E-state index is 12.4. The number of methoxy groups -OCH3 is 1. The molecule has 0 aliphatic carbocycles. The molecule has 0 aliphatic heterocycles. The summed E-state index contributed by atoms with van der Waals surface area (Å²) in [7, 11) is 5.42. The van der Waals surface area contributed by atoms with E-state index in [4.69, 9.17) is 39.7 Å². The van der Waals surface area contributed by atoms with E-state index in [-0.39, 0.29) is 11.1 Å². The van der Waals surface area contributed by atoms with Crippen LogP contribution in [-0.4, -0.2) is 80.1 Å². The Balaban J connectivity index is 1.42. The van der Waals surface area contributed by atoms with Gasteiger partial charge < -0.3 is 43.8 Å². The molecular formula is C37H45N11O6. The van der Waals surface area contributed by atoms with Crippen LogP contribution in [0.15, 0.2) is 45.3 Å². The Bertz CT molecular complexity index is 2360. The number of imidazole rings is 2. The molecule has 0 atom stereocenters. The highest BCUT2D eigenvalue weighted by atomic mass is 16.5. The molecule has 0 unspecified atom stereocenters. The van der Waals surface area contributed by atoms with Crippen LogP contribution in [0, 0.1) is 13.8 Å². The van der Waals surface area contributed by atoms with Gasteiger partial charge in [-0.2, -0.15) is 0 Å². The van der Waals surface area contributed by atoms with Gasteiger partial charge in [-0.15, -0.1) is 0 Å². The molecule has 0 radical (unpaired) electrons. The van der Waals surface area contributed by atoms with Crippen LogP contribution in [0.4, 0.5) is 23.7 Å². The number of amides is 2. The number of nitrogens with two attached hydrogens (primary N) is 2. The van der Waals surface area contributed by atoms with Gasteiger partial charge in [-0.3, -0.25) is 20.2 Å². The largest absolute Gasteiger partial charge is 0.494 e. The van der Waals surface area contributed by atoms with E-state index in [9.17, 15) is 9.59 Å². The van der Waals surface area contributed by atoms with Gasteiger partial charge in [0.05, 0.1) is 18.1 Å². The predicted octanol–water partition coefficient (Wildman–Crippen LogP) is 4.99. The topological polar surface area (TPSA) is 220 Å². The number of primary amides is 2. The van der Waals surface area contributed by atoms with E-state index in [1.165, 1.54) is 7.11 Å². The van der Waals surface area contributed by atoms with Gasteiger partial charge in [0.1, 0.15) is 40.5 Å². The zero-order valence-corrected chi connectivity index (χ0v) is 31.4. The summed E-state index contributed by atoms with van der Waals surface area (Å²) < 4.78 is 27.6. The number of aromatic nitrogens is 6. The number of anilines is 4. The molecule has 4 aromatic heterocycles. The fourth-order valence-corrected chi connectivity index (χ4v) is 6.07. The Morgan fingerprint density at radius 2 is 1.24 bits per heavy atom. The maximum atomic E-state index is 12.4. The third-order valence-corrected chi connectivity index (χ3v) is 8.67. The molecule has 6 rings (SSSR count). The molecule has 2 aromatic carbocycles. The zero-order chi connectivity index (χ0) is 38.7. The van der Waals surface area contributed by atoms with E-state index in [1.54, 1.807) is 38.1 Å². The fourth-order valence-electron chi connectivity index (χ4n) is 6.07. The molecular weight excluding hydrogens is 694 g/mol. The number of allylic oxidation sites excluding steroid dienone is 2. The van der Waals surface area contributed by atoms with Crippen LogP contribution in [0.3, 0.4) is 0 Å². The van der Waals surface area contributed by atoms with Crippen molar-refractivity contribution in [3.63, 3.8) is 0 Å². The molecule has 0 aliphatic rings. The van der Waals surface area contributed by atoms with Crippen LogP contribution in [0.2, 0.25) is 0 Å². The number of hydrogen-bond acceptors (Lipinski definition) is 13. The summed E-state index contributed by atoms with van der Waals surface area (Å²) in [6.45, 7) is 9.20. The van der Waals surface area contributed by atoms with Crippen LogP contribution in [0.1, 0.15) is 57.7 Å². The van der Waals surface area contributed by atoms with Gasteiger partial charge in [0, 0.05) is 44.6 Å². The predicted molar refractivity (Wildman–Crippen MR) is 204 cm³/mol. The van der Waals surface area contributed by atoms with Crippen molar-refractivity contribution in [1.29, 1.82) is 0 Å². The van der Waals surface area contributed by atoms with E-state index in [1.807, 2.05) is 54.1 Å². The minimum absolute atomic E-state index is 0.263. The summed E-state index contributed by atoms with van der Waals surface area (Å²) in [5.41, 5.74) is 15.7. The van der Waals surface area contributed by atoms with Crippen molar-refractivity contribution < 1.29 is 27.9 Å². The van der Waals surface area contributed by atoms with Crippen molar-refractivity contribution in [2.24, 2.45) is 11.5 Å². The molecule has 2 amide bonds. The fraction of sp³-hybridized carbons (Fsp3) is 0.351. The van der Waals surface area contributed by atoms with Crippen LogP contribution in [0.25, 0.3) is 22.1 Å². The number of nitrogens with one attached hydrogen (secondary N) is 2. The highest BCUT2D eigenvalue weighted by Crippen LogP contribution is 2.35. The normalized spacial score (nSPS) is 11.7. The third-order valence-electron chi connectivity index (χ3n) is 8.67. The number of carbonyl (C=O) groups is 2. The Hall–Kier alpha value is -6.36. The van der Waals surface area contributed by atoms with Crippen molar-refractivity contribution >= 4 is 57.5 Å². The van der Waals surface area contributed by atoms with E-state index in [0.29, 0.717) is 108 Å². The standard InChI is InChI=1S/C37H45N11O6/c1-8-24-34(53-20(3)40-24)44-36-42-26-16-22(32(38)49)18-28(51-7)30(26)47(36)12-10-11-13-48-31-27(43-37(48)45-35-25(9-2)41-21(4)54-35)17-23(33(39)50)19-29(31)52-15-14-46(5)6/h10-11,16-19H,8-9,12-15H2,1-7H3,(H2,38,49)(H2,39,50)(H,42,44)(H,43,45)/b11-10+. The number of aryl methyl sites for hydroxylation is 4. The van der Waals surface area contributed by atoms with Crippen molar-refractivity contribution in [1.82, 2.24) is 34.0 Å². The van der Waals surface area contributed by atoms with Gasteiger partial charge in [-0.1, -0.05) is 26.0 Å². The number of ether oxygens (including phenoxy) is 2. The molecule has 284 valence electrons. The summed E-state index contributed by atoms with van der Waals surface area (Å²) in [6, 6.07) is 6.50. The lowest BCUT2D eigenvalue weighted by Gasteiger charge is -2.14. The smallest absolute Gasteiger partial charge is 0.248 e. The van der Waals surface area contributed by atoms with Gasteiger partial charge in [0.2, 0.25) is 35.5 Å². The second kappa shape index (κ2) is 15.7. The summed E-state index contributed by atoms with van der Waals surface area (Å²) in [6.07, 6.45) is 5.22. The van der Waals surface area contributed by atoms with E-state index in [0.717, 1.165) is 11.4 Å². The first-order chi connectivity index (χ1) is 25.9. The lowest BCUT2D eigenvalue weighted by atomic mass is 10.1. The number of rotatable bonds is 17. The average Bonchev–Trinajstić information content (AvgIpc) is 3.88. The number of fused-ring (bicyclic) bond motifs is 2. The first kappa shape index (κ1) is 37.4. The van der Waals surface area contributed by atoms with Crippen LogP contribution in [0.5, 0.6) is 11.5 Å². The molecule has 0 fully saturated rings. The second-order valence-corrected chi connectivity index (χ2v) is 12.8. The van der Waals surface area contributed by atoms with Crippen molar-refractivity contribution in [2.75, 3.05) is 45.0 Å². The molecule has 0 saturated carbocycles. The van der Waals surface area contributed by atoms with Crippen LogP contribution >= 0.6 is 0 Å². The summed E-state index contributed by atoms with van der Waals surface area (Å²) >= 11 is 0. The Labute approximate surface area is 311 Å². The lowest BCUT2D eigenvalue weighted by molar-refractivity contribution is 0.0991. The van der Waals surface area contributed by atoms with Gasteiger partial charge in [-0.05, 0) is 51.2 Å². The summed E-state index contributed by atoms with van der Waals surface area (Å²) in [5, 5.41) is 6.62. The van der Waals surface area contributed by atoms with Crippen molar-refractivity contribution in [2.45, 2.75) is 53.6 Å². The van der Waals surface area contributed by atoms with Crippen LogP contribution < -0.4 is 31.6 Å². The highest BCUT2D eigenvalue weighted by Gasteiger charge is 2.22. The van der Waals surface area contributed by atoms with Crippen molar-refractivity contribution in [3.8, 4) is 11.5 Å². The SMILES string of the molecule is CCc1nc(C)oc1Nc1nc2cc(C(N)=O)cc(OC)c2n1C/C=C/Cn1c(Nc2oc(C)nc2CC)nc2cc(C(N)=O)cc(OCCN(C)C)c21. The summed E-state index contributed by atoms with van der Waals surface area (Å²) in [5.74, 6) is 2.54. The second-order valence-electron chi connectivity index (χ2n) is 12.8. The first-order valence-electron chi connectivity index (χ1n) is 17.5. The molecule has 17 nitrogen and oxygen atoms in total. The monoisotopic (exact) mass is 739 g/mol. The summed E-state index contributed by atoms with van der Waals surface area (Å²) in [4.78, 5) is 45.2. The molecule has 0 saturated heterocycles. The number of oxazole rings is 2. The molecule has 0 spiro atoms. The third kappa shape index (κ3) is 7.71. The van der Waals surface area contributed by atoms with Gasteiger partial charge in [0.25, 0.3) is 0 Å². The van der Waals surface area contributed by atoms with Gasteiger partial charge in [0.15, 0.2) is 11.8 Å². The Kier molecular flexibility index (Phi) is 10.9. The molecule has 6 N–H and O–H groups in total. The Morgan fingerprint density at radius 1 is 0.778 bits per heavy atom. The number of benzene rings is 2. The first-order valence-corrected chi connectivity index (χ1v) is 17.5. The zero-order valence-electron chi connectivity index (χ0n) is 31.4. The van der Waals surface area contributed by atoms with Gasteiger partial charge in [-0.25, -0.2) is 19.9 Å². The molecule has 6 aromatic rings. The van der Waals surface area contributed by atoms with E-state index in [2.05, 4.69) is 20.6 Å². The minimum atomic E-state index is -0.602. The van der Waals surface area contributed by atoms with E-state index < -0.39 is 11.8 Å². The van der Waals surface area contributed by atoms with Gasteiger partial charge >= 0.3 is 0 Å². The number of nitrogens with zero attached hydrogens (tertiary/aromatic N) is 7. The molecule has 17 heteroatoms. The number of likely N-dealkylation sites (N-methyl/N-ethyl adjacent to an activating group) is 1. The number of hydrogen-bond donors (Lipinski definition) is 4. The molecule has 54 heavy (non-hydrogen) atoms. The average molecular weight is 740 g/mol. The van der Waals surface area contributed by atoms with E-state index >= 15 is 0 Å². The van der Waals surface area contributed by atoms with Crippen molar-refractivity contribution in [3.05, 3.63) is 70.7 Å².